The van der Waals surface area contributed by atoms with E-state index in [9.17, 15) is 4.79 Å². The lowest BCUT2D eigenvalue weighted by molar-refractivity contribution is -0.126. The number of hydrogen-bond donors (Lipinski definition) is 1. The van der Waals surface area contributed by atoms with Crippen LogP contribution in [0.15, 0.2) is 18.2 Å². The van der Waals surface area contributed by atoms with Crippen molar-refractivity contribution >= 4 is 17.5 Å². The number of hydrogen-bond acceptors (Lipinski definition) is 2. The van der Waals surface area contributed by atoms with Crippen LogP contribution in [0.3, 0.4) is 0 Å². The average molecular weight is 356 g/mol. The summed E-state index contributed by atoms with van der Waals surface area (Å²) >= 11 is 5.89. The summed E-state index contributed by atoms with van der Waals surface area (Å²) in [5.74, 6) is 1.77. The third kappa shape index (κ3) is 7.12. The molecule has 0 saturated carbocycles. The van der Waals surface area contributed by atoms with Crippen LogP contribution in [0.1, 0.15) is 66.4 Å². The van der Waals surface area contributed by atoms with E-state index in [1.165, 1.54) is 5.56 Å². The van der Waals surface area contributed by atoms with Crippen LogP contribution in [0.5, 0.6) is 5.75 Å². The van der Waals surface area contributed by atoms with Gasteiger partial charge in [0.25, 0.3) is 0 Å². The fraction of sp³-hybridized carbons (Fsp3) is 0.650. The Hall–Kier alpha value is -1.22. The molecule has 1 unspecified atom stereocenters. The average Bonchev–Trinajstić information content (AvgIpc) is 2.56. The normalized spacial score (nSPS) is 17.0. The molecule has 0 bridgehead atoms. The molecular weight excluding hydrogens is 322 g/mol. The Morgan fingerprint density at radius 3 is 2.38 bits per heavy atom. The van der Waals surface area contributed by atoms with Crippen molar-refractivity contribution in [2.45, 2.75) is 60.8 Å². The first kappa shape index (κ1) is 22.8. The van der Waals surface area contributed by atoms with Crippen molar-refractivity contribution in [1.82, 2.24) is 5.32 Å². The standard InChI is InChI=1S/C10H11ClO.C8H17NO.C2H6/c1-7-4-5-12-10-3-2-8(11)6-9(7)10;1-6(7(10)9-5)8(2,3)4;1-2/h2-3,6-7H,4-5H2,1H3;6H,1-5H3,(H,9,10);1-2H3/t7-;;/m1../s1. The maximum atomic E-state index is 11.0. The molecule has 0 radical (unpaired) electrons. The van der Waals surface area contributed by atoms with Crippen molar-refractivity contribution in [2.24, 2.45) is 11.3 Å². The quantitative estimate of drug-likeness (QED) is 0.705. The number of ether oxygens (including phenoxy) is 1. The molecule has 2 atom stereocenters. The number of rotatable bonds is 1. The van der Waals surface area contributed by atoms with Gasteiger partial charge in [0, 0.05) is 18.0 Å². The van der Waals surface area contributed by atoms with Gasteiger partial charge in [-0.3, -0.25) is 4.79 Å². The van der Waals surface area contributed by atoms with Crippen molar-refractivity contribution in [3.05, 3.63) is 28.8 Å². The monoisotopic (exact) mass is 355 g/mol. The van der Waals surface area contributed by atoms with Gasteiger partial charge in [-0.2, -0.15) is 0 Å². The van der Waals surface area contributed by atoms with Gasteiger partial charge < -0.3 is 10.1 Å². The molecule has 1 aromatic carbocycles. The predicted octanol–water partition coefficient (Wildman–Crippen LogP) is 5.67. The summed E-state index contributed by atoms with van der Waals surface area (Å²) in [6.45, 7) is 15.2. The molecule has 1 heterocycles. The summed E-state index contributed by atoms with van der Waals surface area (Å²) in [7, 11) is 1.67. The zero-order valence-corrected chi connectivity index (χ0v) is 17.3. The SMILES string of the molecule is CC.CNC(=O)C(C)C(C)(C)C.C[C@@H]1CCOc2ccc(Cl)cc21. The van der Waals surface area contributed by atoms with Gasteiger partial charge in [0.2, 0.25) is 5.91 Å². The first-order valence-electron chi connectivity index (χ1n) is 8.80. The maximum Gasteiger partial charge on any atom is 0.223 e. The van der Waals surface area contributed by atoms with Crippen LogP contribution in [0.2, 0.25) is 5.02 Å². The highest BCUT2D eigenvalue weighted by Gasteiger charge is 2.25. The van der Waals surface area contributed by atoms with E-state index in [2.05, 4.69) is 33.0 Å². The molecule has 2 rings (SSSR count). The summed E-state index contributed by atoms with van der Waals surface area (Å²) in [5, 5.41) is 3.43. The van der Waals surface area contributed by atoms with E-state index in [1.807, 2.05) is 39.0 Å². The van der Waals surface area contributed by atoms with Crippen LogP contribution in [0.4, 0.5) is 0 Å². The fourth-order valence-electron chi connectivity index (χ4n) is 2.15. The number of amides is 1. The second kappa shape index (κ2) is 10.6. The zero-order valence-electron chi connectivity index (χ0n) is 16.5. The van der Waals surface area contributed by atoms with Crippen LogP contribution in [0.25, 0.3) is 0 Å². The van der Waals surface area contributed by atoms with Gasteiger partial charge in [-0.15, -0.1) is 0 Å². The van der Waals surface area contributed by atoms with Crippen molar-refractivity contribution in [3.8, 4) is 5.75 Å². The minimum absolute atomic E-state index is 0.0695. The highest BCUT2D eigenvalue weighted by molar-refractivity contribution is 6.30. The van der Waals surface area contributed by atoms with Gasteiger partial charge >= 0.3 is 0 Å². The molecule has 1 aliphatic heterocycles. The van der Waals surface area contributed by atoms with Crippen LogP contribution in [-0.2, 0) is 4.79 Å². The number of carbonyl (C=O) groups excluding carboxylic acids is 1. The molecule has 4 heteroatoms. The lowest BCUT2D eigenvalue weighted by atomic mass is 9.81. The fourth-order valence-corrected chi connectivity index (χ4v) is 2.33. The lowest BCUT2D eigenvalue weighted by Crippen LogP contribution is -2.33. The van der Waals surface area contributed by atoms with E-state index < -0.39 is 0 Å². The Morgan fingerprint density at radius 2 is 1.92 bits per heavy atom. The number of carbonyl (C=O) groups is 1. The number of nitrogens with one attached hydrogen (secondary N) is 1. The molecule has 0 fully saturated rings. The molecule has 1 amide bonds. The van der Waals surface area contributed by atoms with Gasteiger partial charge in [0.05, 0.1) is 6.61 Å². The lowest BCUT2D eigenvalue weighted by Gasteiger charge is -2.25. The van der Waals surface area contributed by atoms with Crippen molar-refractivity contribution in [2.75, 3.05) is 13.7 Å². The van der Waals surface area contributed by atoms with Gasteiger partial charge in [-0.25, -0.2) is 0 Å². The van der Waals surface area contributed by atoms with Gasteiger partial charge in [-0.05, 0) is 41.5 Å². The third-order valence-corrected chi connectivity index (χ3v) is 4.48. The second-order valence-electron chi connectivity index (χ2n) is 6.92. The maximum absolute atomic E-state index is 11.0. The molecule has 1 aromatic rings. The summed E-state index contributed by atoms with van der Waals surface area (Å²) in [5.41, 5.74) is 1.31. The molecular formula is C20H34ClNO2. The van der Waals surface area contributed by atoms with E-state index in [0.29, 0.717) is 5.92 Å². The van der Waals surface area contributed by atoms with Gasteiger partial charge in [-0.1, -0.05) is 60.1 Å². The molecule has 24 heavy (non-hydrogen) atoms. The molecule has 3 nitrogen and oxygen atoms in total. The summed E-state index contributed by atoms with van der Waals surface area (Å²) in [4.78, 5) is 11.0. The molecule has 138 valence electrons. The summed E-state index contributed by atoms with van der Waals surface area (Å²) in [6.07, 6.45) is 1.09. The van der Waals surface area contributed by atoms with Crippen molar-refractivity contribution < 1.29 is 9.53 Å². The Labute approximate surface area is 153 Å². The molecule has 0 saturated heterocycles. The van der Waals surface area contributed by atoms with Crippen LogP contribution < -0.4 is 10.1 Å². The summed E-state index contributed by atoms with van der Waals surface area (Å²) in [6, 6.07) is 5.83. The van der Waals surface area contributed by atoms with Crippen LogP contribution >= 0.6 is 11.6 Å². The van der Waals surface area contributed by atoms with E-state index in [4.69, 9.17) is 16.3 Å². The van der Waals surface area contributed by atoms with E-state index in [1.54, 1.807) is 7.05 Å². The molecule has 0 spiro atoms. The Morgan fingerprint density at radius 1 is 1.33 bits per heavy atom. The van der Waals surface area contributed by atoms with E-state index in [0.717, 1.165) is 23.8 Å². The highest BCUT2D eigenvalue weighted by atomic mass is 35.5. The predicted molar refractivity (Wildman–Crippen MR) is 104 cm³/mol. The van der Waals surface area contributed by atoms with Crippen molar-refractivity contribution in [3.63, 3.8) is 0 Å². The smallest absolute Gasteiger partial charge is 0.223 e. The Balaban J connectivity index is 0.000000407. The number of halogens is 1. The Kier molecular flexibility index (Phi) is 10.1. The van der Waals surface area contributed by atoms with Crippen molar-refractivity contribution in [1.29, 1.82) is 0 Å². The van der Waals surface area contributed by atoms with Crippen LogP contribution in [0, 0.1) is 11.3 Å². The minimum atomic E-state index is 0.0695. The highest BCUT2D eigenvalue weighted by Crippen LogP contribution is 2.34. The Bertz CT molecular complexity index is 509. The molecule has 1 aliphatic rings. The van der Waals surface area contributed by atoms with Crippen LogP contribution in [-0.4, -0.2) is 19.6 Å². The van der Waals surface area contributed by atoms with Gasteiger partial charge in [0.1, 0.15) is 5.75 Å². The topological polar surface area (TPSA) is 38.3 Å². The number of fused-ring (bicyclic) bond motifs is 1. The third-order valence-electron chi connectivity index (χ3n) is 4.25. The molecule has 0 aliphatic carbocycles. The molecule has 1 N–H and O–H groups in total. The zero-order chi connectivity index (χ0) is 18.9. The van der Waals surface area contributed by atoms with Gasteiger partial charge in [0.15, 0.2) is 0 Å². The summed E-state index contributed by atoms with van der Waals surface area (Å²) < 4.78 is 5.49. The molecule has 0 aromatic heterocycles. The second-order valence-corrected chi connectivity index (χ2v) is 7.36. The first-order chi connectivity index (χ1) is 11.2. The minimum Gasteiger partial charge on any atom is -0.493 e. The van der Waals surface area contributed by atoms with E-state index >= 15 is 0 Å². The first-order valence-corrected chi connectivity index (χ1v) is 9.18. The van der Waals surface area contributed by atoms with E-state index in [-0.39, 0.29) is 17.2 Å². The largest absolute Gasteiger partial charge is 0.493 e. The number of benzene rings is 1.